The molecule has 0 atom stereocenters. The third-order valence-corrected chi connectivity index (χ3v) is 4.92. The average molecular weight is 489 g/mol. The van der Waals surface area contributed by atoms with Gasteiger partial charge < -0.3 is 16.0 Å². The minimum absolute atomic E-state index is 0.00272. The van der Waals surface area contributed by atoms with Crippen molar-refractivity contribution >= 4 is 40.4 Å². The van der Waals surface area contributed by atoms with Gasteiger partial charge in [0.1, 0.15) is 11.4 Å². The van der Waals surface area contributed by atoms with Crippen LogP contribution in [0.25, 0.3) is 0 Å². The minimum Gasteiger partial charge on any atom is -0.365 e. The van der Waals surface area contributed by atoms with Gasteiger partial charge in [-0.05, 0) is 29.3 Å². The minimum atomic E-state index is -4.82. The molecule has 12 nitrogen and oxygen atoms in total. The highest BCUT2D eigenvalue weighted by Crippen LogP contribution is 2.35. The fourth-order valence-electron chi connectivity index (χ4n) is 3.38. The van der Waals surface area contributed by atoms with Crippen LogP contribution in [0.5, 0.6) is 0 Å². The van der Waals surface area contributed by atoms with Gasteiger partial charge in [-0.3, -0.25) is 25.0 Å². The molecule has 35 heavy (non-hydrogen) atoms. The first-order valence-corrected chi connectivity index (χ1v) is 9.80. The van der Waals surface area contributed by atoms with E-state index in [4.69, 9.17) is 0 Å². The maximum absolute atomic E-state index is 13.5. The molecule has 1 aliphatic rings. The summed E-state index contributed by atoms with van der Waals surface area (Å²) in [6.45, 7) is -0.422. The van der Waals surface area contributed by atoms with Crippen molar-refractivity contribution in [2.24, 2.45) is 0 Å². The molecule has 1 aromatic heterocycles. The normalized spacial score (nSPS) is 12.6. The maximum atomic E-state index is 13.5. The largest absolute Gasteiger partial charge is 0.421 e. The number of anilines is 4. The first-order chi connectivity index (χ1) is 16.5. The van der Waals surface area contributed by atoms with E-state index >= 15 is 0 Å². The maximum Gasteiger partial charge on any atom is 0.421 e. The van der Waals surface area contributed by atoms with E-state index in [1.165, 1.54) is 0 Å². The number of nitrogens with zero attached hydrogens (tertiary/aromatic N) is 4. The first-order valence-electron chi connectivity index (χ1n) is 9.80. The monoisotopic (exact) mass is 489 g/mol. The zero-order valence-corrected chi connectivity index (χ0v) is 17.4. The molecule has 2 aromatic carbocycles. The van der Waals surface area contributed by atoms with Crippen LogP contribution < -0.4 is 16.0 Å². The Kier molecular flexibility index (Phi) is 5.90. The van der Waals surface area contributed by atoms with E-state index in [0.29, 0.717) is 23.1 Å². The molecule has 0 saturated heterocycles. The summed E-state index contributed by atoms with van der Waals surface area (Å²) in [5, 5.41) is 30.0. The number of amides is 1. The molecule has 4 rings (SSSR count). The smallest absolute Gasteiger partial charge is 0.365 e. The molecular formula is C20H14F3N7O5. The SMILES string of the molecule is O=C1Cc2cc(Nc3ncc(C(F)(F)F)c(NCc4cc([N+](=O)[O-])cc([N+](=O)[O-])c4)n3)ccc2N1. The number of aromatic nitrogens is 2. The van der Waals surface area contributed by atoms with Crippen molar-refractivity contribution in [1.29, 1.82) is 0 Å². The van der Waals surface area contributed by atoms with Crippen molar-refractivity contribution in [3.05, 3.63) is 79.5 Å². The second kappa shape index (κ2) is 8.85. The lowest BCUT2D eigenvalue weighted by Crippen LogP contribution is -2.14. The van der Waals surface area contributed by atoms with Gasteiger partial charge in [0.05, 0.1) is 22.3 Å². The van der Waals surface area contributed by atoms with Crippen LogP contribution in [0.15, 0.2) is 42.6 Å². The highest BCUT2D eigenvalue weighted by molar-refractivity contribution is 5.99. The molecular weight excluding hydrogens is 475 g/mol. The number of nitrogens with one attached hydrogen (secondary N) is 3. The molecule has 0 spiro atoms. The van der Waals surface area contributed by atoms with Crippen LogP contribution in [0.2, 0.25) is 0 Å². The molecule has 0 radical (unpaired) electrons. The van der Waals surface area contributed by atoms with Gasteiger partial charge in [-0.15, -0.1) is 0 Å². The number of fused-ring (bicyclic) bond motifs is 1. The second-order valence-electron chi connectivity index (χ2n) is 7.40. The van der Waals surface area contributed by atoms with E-state index in [1.54, 1.807) is 18.2 Å². The van der Waals surface area contributed by atoms with Gasteiger partial charge >= 0.3 is 6.18 Å². The van der Waals surface area contributed by atoms with Crippen molar-refractivity contribution < 1.29 is 27.8 Å². The van der Waals surface area contributed by atoms with E-state index in [-0.39, 0.29) is 23.8 Å². The Hall–Kier alpha value is -4.82. The van der Waals surface area contributed by atoms with E-state index in [2.05, 4.69) is 25.9 Å². The summed E-state index contributed by atoms with van der Waals surface area (Å²) in [7, 11) is 0. The standard InChI is InChI=1S/C20H14F3N7O5/c21-20(22,23)15-9-25-19(26-12-1-2-16-11(5-12)6-17(31)27-16)28-18(15)24-8-10-3-13(29(32)33)7-14(4-10)30(34)35/h1-5,7,9H,6,8H2,(H,27,31)(H2,24,25,26,28). The summed E-state index contributed by atoms with van der Waals surface area (Å²) >= 11 is 0. The molecule has 3 N–H and O–H groups in total. The number of carbonyl (C=O) groups excluding carboxylic acids is 1. The predicted octanol–water partition coefficient (Wildman–Crippen LogP) is 4.16. The van der Waals surface area contributed by atoms with Crippen LogP contribution in [0.1, 0.15) is 16.7 Å². The zero-order chi connectivity index (χ0) is 25.3. The lowest BCUT2D eigenvalue weighted by molar-refractivity contribution is -0.394. The van der Waals surface area contributed by atoms with Crippen LogP contribution in [-0.2, 0) is 23.9 Å². The van der Waals surface area contributed by atoms with Crippen molar-refractivity contribution in [2.45, 2.75) is 19.1 Å². The van der Waals surface area contributed by atoms with E-state index < -0.39 is 45.3 Å². The van der Waals surface area contributed by atoms with E-state index in [0.717, 1.165) is 18.2 Å². The molecule has 0 fully saturated rings. The fraction of sp³-hybridized carbons (Fsp3) is 0.150. The van der Waals surface area contributed by atoms with Gasteiger partial charge in [-0.25, -0.2) is 4.98 Å². The summed E-state index contributed by atoms with van der Waals surface area (Å²) in [5.41, 5.74) is -0.613. The van der Waals surface area contributed by atoms with Crippen molar-refractivity contribution in [2.75, 3.05) is 16.0 Å². The molecule has 0 unspecified atom stereocenters. The number of benzene rings is 2. The Morgan fingerprint density at radius 2 is 1.74 bits per heavy atom. The van der Waals surface area contributed by atoms with Crippen molar-refractivity contribution in [3.8, 4) is 0 Å². The summed E-state index contributed by atoms with van der Waals surface area (Å²) in [6, 6.07) is 7.60. The highest BCUT2D eigenvalue weighted by Gasteiger charge is 2.35. The number of hydrogen-bond donors (Lipinski definition) is 3. The van der Waals surface area contributed by atoms with Crippen LogP contribution in [0, 0.1) is 20.2 Å². The molecule has 180 valence electrons. The second-order valence-corrected chi connectivity index (χ2v) is 7.40. The molecule has 0 aliphatic carbocycles. The van der Waals surface area contributed by atoms with Crippen LogP contribution >= 0.6 is 0 Å². The summed E-state index contributed by atoms with van der Waals surface area (Å²) in [6.07, 6.45) is -4.11. The van der Waals surface area contributed by atoms with Crippen LogP contribution in [-0.4, -0.2) is 25.7 Å². The zero-order valence-electron chi connectivity index (χ0n) is 17.4. The van der Waals surface area contributed by atoms with Crippen molar-refractivity contribution in [1.82, 2.24) is 9.97 Å². The molecule has 2 heterocycles. The van der Waals surface area contributed by atoms with Crippen LogP contribution in [0.4, 0.5) is 47.7 Å². The van der Waals surface area contributed by atoms with Gasteiger partial charge in [0, 0.05) is 36.2 Å². The Morgan fingerprint density at radius 3 is 2.37 bits per heavy atom. The molecule has 1 amide bonds. The number of rotatable bonds is 7. The first kappa shape index (κ1) is 23.3. The van der Waals surface area contributed by atoms with Gasteiger partial charge in [-0.1, -0.05) is 0 Å². The number of halogens is 3. The summed E-state index contributed by atoms with van der Waals surface area (Å²) < 4.78 is 40.5. The number of hydrogen-bond acceptors (Lipinski definition) is 9. The number of carbonyl (C=O) groups is 1. The van der Waals surface area contributed by atoms with Gasteiger partial charge in [0.15, 0.2) is 0 Å². The predicted molar refractivity (Wildman–Crippen MR) is 116 cm³/mol. The average Bonchev–Trinajstić information content (AvgIpc) is 3.16. The number of nitro benzene ring substituents is 2. The topological polar surface area (TPSA) is 165 Å². The number of alkyl halides is 3. The Balaban J connectivity index is 1.61. The third kappa shape index (κ3) is 5.23. The van der Waals surface area contributed by atoms with E-state index in [9.17, 15) is 38.2 Å². The summed E-state index contributed by atoms with van der Waals surface area (Å²) in [5.74, 6) is -1.01. The van der Waals surface area contributed by atoms with Gasteiger partial charge in [0.2, 0.25) is 11.9 Å². The highest BCUT2D eigenvalue weighted by atomic mass is 19.4. The Morgan fingerprint density at radius 1 is 1.06 bits per heavy atom. The summed E-state index contributed by atoms with van der Waals surface area (Å²) in [4.78, 5) is 39.5. The Bertz CT molecular complexity index is 1330. The molecule has 1 aliphatic heterocycles. The van der Waals surface area contributed by atoms with Crippen molar-refractivity contribution in [3.63, 3.8) is 0 Å². The molecule has 0 bridgehead atoms. The fourth-order valence-corrected chi connectivity index (χ4v) is 3.38. The number of non-ortho nitro benzene ring substituents is 2. The van der Waals surface area contributed by atoms with Gasteiger partial charge in [-0.2, -0.15) is 18.2 Å². The third-order valence-electron chi connectivity index (χ3n) is 4.92. The van der Waals surface area contributed by atoms with Gasteiger partial charge in [0.25, 0.3) is 11.4 Å². The molecule has 0 saturated carbocycles. The Labute approximate surface area is 193 Å². The molecule has 15 heteroatoms. The quantitative estimate of drug-likeness (QED) is 0.326. The lowest BCUT2D eigenvalue weighted by Gasteiger charge is -2.15. The van der Waals surface area contributed by atoms with E-state index in [1.807, 2.05) is 0 Å². The van der Waals surface area contributed by atoms with Crippen LogP contribution in [0.3, 0.4) is 0 Å². The number of nitro groups is 2. The lowest BCUT2D eigenvalue weighted by atomic mass is 10.1. The molecule has 3 aromatic rings.